The fourth-order valence-electron chi connectivity index (χ4n) is 1.84. The molecule has 0 bridgehead atoms. The maximum Gasteiger partial charge on any atom is 0.329 e. The molecular weight excluding hydrogens is 260 g/mol. The highest BCUT2D eigenvalue weighted by Gasteiger charge is 2.20. The van der Waals surface area contributed by atoms with Crippen LogP contribution in [0.4, 0.5) is 10.5 Å². The van der Waals surface area contributed by atoms with Gasteiger partial charge in [0.25, 0.3) is 5.69 Å². The van der Waals surface area contributed by atoms with Gasteiger partial charge in [0, 0.05) is 31.6 Å². The van der Waals surface area contributed by atoms with E-state index < -0.39 is 4.92 Å². The number of rotatable bonds is 3. The molecule has 1 unspecified atom stereocenters. The Balaban J connectivity index is 2.22. The molecule has 7 heteroatoms. The highest BCUT2D eigenvalue weighted by atomic mass is 16.6. The van der Waals surface area contributed by atoms with Crippen molar-refractivity contribution in [3.63, 3.8) is 0 Å². The molecule has 0 spiro atoms. The van der Waals surface area contributed by atoms with Gasteiger partial charge < -0.3 is 4.90 Å². The third-order valence-corrected chi connectivity index (χ3v) is 3.17. The van der Waals surface area contributed by atoms with Crippen molar-refractivity contribution in [3.05, 3.63) is 58.7 Å². The van der Waals surface area contributed by atoms with Crippen LogP contribution in [-0.4, -0.2) is 32.5 Å². The fraction of sp³-hybridized carbons (Fsp3) is 0.231. The molecule has 0 radical (unpaired) electrons. The number of non-ortho nitro benzene ring substituents is 1. The van der Waals surface area contributed by atoms with Gasteiger partial charge in [-0.05, 0) is 12.5 Å². The molecule has 20 heavy (non-hydrogen) atoms. The number of carbonyl (C=O) groups is 1. The van der Waals surface area contributed by atoms with E-state index in [1.807, 2.05) is 6.92 Å². The molecule has 0 saturated heterocycles. The largest absolute Gasteiger partial charge is 0.329 e. The number of nitrogens with zero attached hydrogens (tertiary/aromatic N) is 4. The number of hydrogen-bond donors (Lipinski definition) is 0. The van der Waals surface area contributed by atoms with E-state index >= 15 is 0 Å². The second-order valence-electron chi connectivity index (χ2n) is 4.39. The summed E-state index contributed by atoms with van der Waals surface area (Å²) in [6.07, 6.45) is 4.49. The van der Waals surface area contributed by atoms with Gasteiger partial charge in [0.05, 0.1) is 11.0 Å². The van der Waals surface area contributed by atoms with Crippen molar-refractivity contribution in [1.29, 1.82) is 0 Å². The summed E-state index contributed by atoms with van der Waals surface area (Å²) in [5.41, 5.74) is 0.716. The first kappa shape index (κ1) is 13.7. The Morgan fingerprint density at radius 2 is 2.25 bits per heavy atom. The number of imidazole rings is 1. The van der Waals surface area contributed by atoms with E-state index in [0.717, 1.165) is 0 Å². The molecular formula is C13H14N4O3. The van der Waals surface area contributed by atoms with E-state index in [2.05, 4.69) is 4.98 Å². The van der Waals surface area contributed by atoms with Crippen molar-refractivity contribution in [3.8, 4) is 0 Å². The van der Waals surface area contributed by atoms with Gasteiger partial charge in [-0.2, -0.15) is 0 Å². The maximum atomic E-state index is 12.2. The Morgan fingerprint density at radius 1 is 1.50 bits per heavy atom. The maximum absolute atomic E-state index is 12.2. The molecule has 0 saturated carbocycles. The van der Waals surface area contributed by atoms with E-state index in [1.54, 1.807) is 25.4 Å². The number of hydrogen-bond acceptors (Lipinski definition) is 4. The minimum atomic E-state index is -0.450. The highest BCUT2D eigenvalue weighted by molar-refractivity contribution is 5.76. The number of aromatic nitrogens is 2. The van der Waals surface area contributed by atoms with Gasteiger partial charge in [0.2, 0.25) is 0 Å². The number of amides is 1. The van der Waals surface area contributed by atoms with Crippen molar-refractivity contribution in [1.82, 2.24) is 14.5 Å². The summed E-state index contributed by atoms with van der Waals surface area (Å²) < 4.78 is 1.36. The molecule has 0 aliphatic rings. The molecule has 1 amide bonds. The monoisotopic (exact) mass is 274 g/mol. The fourth-order valence-corrected chi connectivity index (χ4v) is 1.84. The third kappa shape index (κ3) is 2.66. The van der Waals surface area contributed by atoms with Crippen LogP contribution in [0.25, 0.3) is 0 Å². The first-order chi connectivity index (χ1) is 9.50. The van der Waals surface area contributed by atoms with E-state index in [1.165, 1.54) is 34.1 Å². The van der Waals surface area contributed by atoms with Crippen molar-refractivity contribution < 1.29 is 9.72 Å². The van der Waals surface area contributed by atoms with Crippen LogP contribution in [0.2, 0.25) is 0 Å². The van der Waals surface area contributed by atoms with Gasteiger partial charge in [0.15, 0.2) is 0 Å². The van der Waals surface area contributed by atoms with Gasteiger partial charge in [0.1, 0.15) is 6.33 Å². The molecule has 1 atom stereocenters. The predicted molar refractivity (Wildman–Crippen MR) is 72.3 cm³/mol. The van der Waals surface area contributed by atoms with Gasteiger partial charge in [-0.1, -0.05) is 12.1 Å². The lowest BCUT2D eigenvalue weighted by atomic mass is 10.1. The van der Waals surface area contributed by atoms with Gasteiger partial charge >= 0.3 is 6.03 Å². The molecule has 104 valence electrons. The minimum absolute atomic E-state index is 0.0119. The van der Waals surface area contributed by atoms with E-state index in [0.29, 0.717) is 5.56 Å². The molecule has 1 heterocycles. The Hall–Kier alpha value is -2.70. The normalized spacial score (nSPS) is 11.9. The molecule has 0 aliphatic carbocycles. The van der Waals surface area contributed by atoms with Crippen LogP contribution in [0.1, 0.15) is 18.5 Å². The average molecular weight is 274 g/mol. The second-order valence-corrected chi connectivity index (χ2v) is 4.39. The highest BCUT2D eigenvalue weighted by Crippen LogP contribution is 2.23. The van der Waals surface area contributed by atoms with Gasteiger partial charge in [-0.25, -0.2) is 9.78 Å². The lowest BCUT2D eigenvalue weighted by Gasteiger charge is -2.25. The number of nitro benzene ring substituents is 1. The van der Waals surface area contributed by atoms with Gasteiger partial charge in [-0.15, -0.1) is 0 Å². The summed E-state index contributed by atoms with van der Waals surface area (Å²) in [5.74, 6) is 0. The lowest BCUT2D eigenvalue weighted by molar-refractivity contribution is -0.384. The standard InChI is InChI=1S/C13H14N4O3/c1-10(11-4-3-5-12(8-11)17(19)20)15(2)13(18)16-7-6-14-9-16/h3-10H,1-2H3. The quantitative estimate of drug-likeness (QED) is 0.636. The van der Waals surface area contributed by atoms with Crippen LogP contribution < -0.4 is 0 Å². The summed E-state index contributed by atoms with van der Waals surface area (Å²) in [4.78, 5) is 27.8. The molecule has 0 fully saturated rings. The first-order valence-electron chi connectivity index (χ1n) is 6.00. The van der Waals surface area contributed by atoms with Crippen LogP contribution in [0.5, 0.6) is 0 Å². The Morgan fingerprint density at radius 3 is 2.85 bits per heavy atom. The average Bonchev–Trinajstić information content (AvgIpc) is 2.99. The zero-order valence-corrected chi connectivity index (χ0v) is 11.1. The van der Waals surface area contributed by atoms with E-state index in [4.69, 9.17) is 0 Å². The Labute approximate surface area is 115 Å². The van der Waals surface area contributed by atoms with Crippen LogP contribution in [0, 0.1) is 10.1 Å². The molecule has 1 aromatic carbocycles. The van der Waals surface area contributed by atoms with Crippen LogP contribution in [0.15, 0.2) is 43.0 Å². The van der Waals surface area contributed by atoms with Crippen molar-refractivity contribution in [2.24, 2.45) is 0 Å². The molecule has 2 rings (SSSR count). The zero-order chi connectivity index (χ0) is 14.7. The second kappa shape index (κ2) is 5.52. The summed E-state index contributed by atoms with van der Waals surface area (Å²) in [6, 6.07) is 5.73. The Bertz CT molecular complexity index is 624. The number of carbonyl (C=O) groups excluding carboxylic acids is 1. The lowest BCUT2D eigenvalue weighted by Crippen LogP contribution is -2.32. The summed E-state index contributed by atoms with van der Waals surface area (Å²) in [7, 11) is 1.64. The number of benzene rings is 1. The van der Waals surface area contributed by atoms with Crippen molar-refractivity contribution in [2.75, 3.05) is 7.05 Å². The van der Waals surface area contributed by atoms with Crippen molar-refractivity contribution in [2.45, 2.75) is 13.0 Å². The SMILES string of the molecule is CC(c1cccc([N+](=O)[O-])c1)N(C)C(=O)n1ccnc1. The molecule has 2 aromatic rings. The third-order valence-electron chi connectivity index (χ3n) is 3.17. The molecule has 1 aromatic heterocycles. The Kier molecular flexibility index (Phi) is 3.79. The van der Waals surface area contributed by atoms with Crippen LogP contribution >= 0.6 is 0 Å². The minimum Gasteiger partial charge on any atom is -0.320 e. The molecule has 0 aliphatic heterocycles. The van der Waals surface area contributed by atoms with Crippen molar-refractivity contribution >= 4 is 11.7 Å². The predicted octanol–water partition coefficient (Wildman–Crippen LogP) is 2.45. The summed E-state index contributed by atoms with van der Waals surface area (Å²) >= 11 is 0. The van der Waals surface area contributed by atoms with E-state index in [9.17, 15) is 14.9 Å². The number of nitro groups is 1. The van der Waals surface area contributed by atoms with Crippen LogP contribution in [-0.2, 0) is 0 Å². The zero-order valence-electron chi connectivity index (χ0n) is 11.1. The first-order valence-corrected chi connectivity index (χ1v) is 6.00. The summed E-state index contributed by atoms with van der Waals surface area (Å²) in [6.45, 7) is 1.81. The molecule has 0 N–H and O–H groups in total. The van der Waals surface area contributed by atoms with Crippen LogP contribution in [0.3, 0.4) is 0 Å². The molecule has 7 nitrogen and oxygen atoms in total. The van der Waals surface area contributed by atoms with Gasteiger partial charge in [-0.3, -0.25) is 14.7 Å². The topological polar surface area (TPSA) is 81.3 Å². The smallest absolute Gasteiger partial charge is 0.320 e. The summed E-state index contributed by atoms with van der Waals surface area (Å²) in [5, 5.41) is 10.8. The van der Waals surface area contributed by atoms with E-state index in [-0.39, 0.29) is 17.8 Å².